The van der Waals surface area contributed by atoms with Gasteiger partial charge in [0.05, 0.1) is 10.5 Å². The summed E-state index contributed by atoms with van der Waals surface area (Å²) in [5, 5.41) is 10.5. The Kier molecular flexibility index (Phi) is 9.98. The van der Waals surface area contributed by atoms with Gasteiger partial charge in [0.15, 0.2) is 5.78 Å². The van der Waals surface area contributed by atoms with Crippen LogP contribution in [-0.2, 0) is 27.8 Å². The smallest absolute Gasteiger partial charge is 0.240 e. The molecule has 3 aliphatic rings. The highest BCUT2D eigenvalue weighted by atomic mass is 32.2. The van der Waals surface area contributed by atoms with Crippen LogP contribution in [0.5, 0.6) is 0 Å². The van der Waals surface area contributed by atoms with Gasteiger partial charge >= 0.3 is 0 Å². The number of likely N-dealkylation sites (tertiary alicyclic amines) is 1. The van der Waals surface area contributed by atoms with Crippen LogP contribution in [0, 0.1) is 11.8 Å². The van der Waals surface area contributed by atoms with Crippen LogP contribution < -0.4 is 15.4 Å². The summed E-state index contributed by atoms with van der Waals surface area (Å²) in [5.41, 5.74) is 9.57. The van der Waals surface area contributed by atoms with E-state index < -0.39 is 15.6 Å². The molecule has 2 aromatic carbocycles. The monoisotopic (exact) mass is 634 g/mol. The Balaban J connectivity index is 1.40. The van der Waals surface area contributed by atoms with E-state index in [1.165, 1.54) is 23.8 Å². The quantitative estimate of drug-likeness (QED) is 0.191. The maximum absolute atomic E-state index is 13.6. The molecule has 242 valence electrons. The number of hydrogen-bond donors (Lipinski definition) is 3. The molecule has 10 heteroatoms. The SMILES string of the molecule is C=CCNS(=O)(=O)c1cccc(C(=O)/C=C2\Cc3ccc(CN4CCC(C(C)(C)O)CC4)cc3N2C2CCC(C(N)=O)CC2)c1. The van der Waals surface area contributed by atoms with Crippen molar-refractivity contribution in [2.45, 2.75) is 81.9 Å². The number of carbonyl (C=O) groups is 2. The fourth-order valence-electron chi connectivity index (χ4n) is 7.05. The van der Waals surface area contributed by atoms with Crippen molar-refractivity contribution < 1.29 is 23.1 Å². The number of aliphatic hydroxyl groups is 1. The summed E-state index contributed by atoms with van der Waals surface area (Å²) in [6, 6.07) is 12.8. The van der Waals surface area contributed by atoms with Crippen LogP contribution in [0.15, 0.2) is 71.8 Å². The first-order valence-corrected chi connectivity index (χ1v) is 17.4. The predicted octanol–water partition coefficient (Wildman–Crippen LogP) is 4.31. The summed E-state index contributed by atoms with van der Waals surface area (Å²) in [6.45, 7) is 10.1. The first kappa shape index (κ1) is 33.1. The molecule has 2 heterocycles. The molecule has 2 fully saturated rings. The minimum Gasteiger partial charge on any atom is -0.390 e. The molecule has 5 rings (SSSR count). The number of rotatable bonds is 11. The Labute approximate surface area is 267 Å². The van der Waals surface area contributed by atoms with Crippen LogP contribution in [0.4, 0.5) is 5.69 Å². The Morgan fingerprint density at radius 3 is 2.42 bits per heavy atom. The lowest BCUT2D eigenvalue weighted by molar-refractivity contribution is -0.122. The molecule has 9 nitrogen and oxygen atoms in total. The average Bonchev–Trinajstić information content (AvgIpc) is 3.37. The molecule has 1 saturated carbocycles. The highest BCUT2D eigenvalue weighted by molar-refractivity contribution is 7.89. The van der Waals surface area contributed by atoms with Crippen molar-refractivity contribution in [3.05, 3.63) is 83.6 Å². The standard InChI is InChI=1S/C35H46N4O5S/c1-4-16-37-45(43,44)31-7-5-6-27(21-31)33(40)22-30-20-26-9-8-24(23-38-17-14-28(15-18-38)35(2,3)42)19-32(26)39(30)29-12-10-25(11-13-29)34(36)41/h4-9,19,21-22,25,28-29,37,42H,1,10-18,20,23H2,2-3H3,(H2,36,41)/b30-22+. The van der Waals surface area contributed by atoms with Crippen LogP contribution >= 0.6 is 0 Å². The van der Waals surface area contributed by atoms with E-state index in [9.17, 15) is 23.1 Å². The molecule has 0 unspecified atom stereocenters. The lowest BCUT2D eigenvalue weighted by Crippen LogP contribution is -2.41. The number of anilines is 1. The fraction of sp³-hybridized carbons (Fsp3) is 0.486. The third-order valence-corrected chi connectivity index (χ3v) is 11.1. The Hall–Kier alpha value is -3.31. The second kappa shape index (κ2) is 13.6. The highest BCUT2D eigenvalue weighted by Gasteiger charge is 2.35. The predicted molar refractivity (Wildman–Crippen MR) is 176 cm³/mol. The molecule has 1 amide bonds. The van der Waals surface area contributed by atoms with Crippen molar-refractivity contribution in [3.8, 4) is 0 Å². The van der Waals surface area contributed by atoms with Gasteiger partial charge in [0, 0.05) is 54.5 Å². The number of piperidine rings is 1. The van der Waals surface area contributed by atoms with Crippen LogP contribution in [0.3, 0.4) is 0 Å². The number of allylic oxidation sites excluding steroid dienone is 2. The third-order valence-electron chi connectivity index (χ3n) is 9.69. The molecule has 1 aliphatic carbocycles. The fourth-order valence-corrected chi connectivity index (χ4v) is 8.09. The second-order valence-electron chi connectivity index (χ2n) is 13.3. The van der Waals surface area contributed by atoms with Gasteiger partial charge in [-0.1, -0.05) is 30.3 Å². The third kappa shape index (κ3) is 7.74. The minimum atomic E-state index is -3.78. The zero-order chi connectivity index (χ0) is 32.4. The highest BCUT2D eigenvalue weighted by Crippen LogP contribution is 2.42. The number of amides is 1. The van der Waals surface area contributed by atoms with E-state index in [0.717, 1.165) is 62.3 Å². The molecular weight excluding hydrogens is 588 g/mol. The zero-order valence-corrected chi connectivity index (χ0v) is 27.2. The van der Waals surface area contributed by atoms with Crippen molar-refractivity contribution in [1.29, 1.82) is 0 Å². The van der Waals surface area contributed by atoms with E-state index in [-0.39, 0.29) is 35.1 Å². The normalized spacial score (nSPS) is 22.4. The van der Waals surface area contributed by atoms with Gasteiger partial charge in [-0.25, -0.2) is 13.1 Å². The zero-order valence-electron chi connectivity index (χ0n) is 26.4. The number of nitrogens with two attached hydrogens (primary N) is 1. The first-order chi connectivity index (χ1) is 21.4. The molecule has 0 radical (unpaired) electrons. The summed E-state index contributed by atoms with van der Waals surface area (Å²) in [7, 11) is -3.78. The summed E-state index contributed by atoms with van der Waals surface area (Å²) in [4.78, 5) is 30.3. The van der Waals surface area contributed by atoms with E-state index in [1.807, 2.05) is 13.8 Å². The molecule has 2 aromatic rings. The number of ketones is 1. The van der Waals surface area contributed by atoms with E-state index in [2.05, 4.69) is 39.3 Å². The largest absolute Gasteiger partial charge is 0.390 e. The number of fused-ring (bicyclic) bond motifs is 1. The van der Waals surface area contributed by atoms with Crippen molar-refractivity contribution in [3.63, 3.8) is 0 Å². The van der Waals surface area contributed by atoms with Crippen molar-refractivity contribution in [2.24, 2.45) is 17.6 Å². The number of sulfonamides is 1. The van der Waals surface area contributed by atoms with Gasteiger partial charge in [0.1, 0.15) is 0 Å². The maximum atomic E-state index is 13.6. The van der Waals surface area contributed by atoms with Gasteiger partial charge in [-0.2, -0.15) is 0 Å². The van der Waals surface area contributed by atoms with Gasteiger partial charge in [-0.05, 0) is 101 Å². The molecule has 1 saturated heterocycles. The van der Waals surface area contributed by atoms with Crippen molar-refractivity contribution in [1.82, 2.24) is 9.62 Å². The molecule has 0 atom stereocenters. The maximum Gasteiger partial charge on any atom is 0.240 e. The summed E-state index contributed by atoms with van der Waals surface area (Å²) < 4.78 is 27.8. The van der Waals surface area contributed by atoms with Crippen LogP contribution in [0.25, 0.3) is 0 Å². The van der Waals surface area contributed by atoms with Gasteiger partial charge < -0.3 is 15.7 Å². The van der Waals surface area contributed by atoms with Gasteiger partial charge in [-0.3, -0.25) is 14.5 Å². The Bertz CT molecular complexity index is 1560. The summed E-state index contributed by atoms with van der Waals surface area (Å²) in [5.74, 6) is -0.345. The molecular formula is C35H46N4O5S. The van der Waals surface area contributed by atoms with E-state index in [1.54, 1.807) is 18.2 Å². The first-order valence-electron chi connectivity index (χ1n) is 16.0. The van der Waals surface area contributed by atoms with Crippen molar-refractivity contribution >= 4 is 27.4 Å². The van der Waals surface area contributed by atoms with Crippen LogP contribution in [0.1, 0.15) is 73.9 Å². The second-order valence-corrected chi connectivity index (χ2v) is 15.1. The van der Waals surface area contributed by atoms with E-state index in [4.69, 9.17) is 5.73 Å². The number of hydrogen-bond acceptors (Lipinski definition) is 7. The number of nitrogens with zero attached hydrogens (tertiary/aromatic N) is 2. The van der Waals surface area contributed by atoms with Crippen LogP contribution in [0.2, 0.25) is 0 Å². The molecule has 0 spiro atoms. The molecule has 4 N–H and O–H groups in total. The molecule has 0 bridgehead atoms. The Morgan fingerprint density at radius 1 is 1.07 bits per heavy atom. The lowest BCUT2D eigenvalue weighted by atomic mass is 9.83. The van der Waals surface area contributed by atoms with Gasteiger partial charge in [0.2, 0.25) is 15.9 Å². The minimum absolute atomic E-state index is 0.0289. The molecule has 2 aliphatic heterocycles. The van der Waals surface area contributed by atoms with E-state index in [0.29, 0.717) is 30.7 Å². The van der Waals surface area contributed by atoms with Gasteiger partial charge in [0.25, 0.3) is 0 Å². The number of carbonyl (C=O) groups excluding carboxylic acids is 2. The average molecular weight is 635 g/mol. The number of nitrogens with one attached hydrogen (secondary N) is 1. The molecule has 45 heavy (non-hydrogen) atoms. The summed E-state index contributed by atoms with van der Waals surface area (Å²) in [6.07, 6.45) is 8.62. The van der Waals surface area contributed by atoms with E-state index >= 15 is 0 Å². The topological polar surface area (TPSA) is 133 Å². The summed E-state index contributed by atoms with van der Waals surface area (Å²) >= 11 is 0. The number of primary amides is 1. The Morgan fingerprint density at radius 2 is 1.78 bits per heavy atom. The number of benzene rings is 2. The van der Waals surface area contributed by atoms with Gasteiger partial charge in [-0.15, -0.1) is 6.58 Å². The lowest BCUT2D eigenvalue weighted by Gasteiger charge is -2.38. The van der Waals surface area contributed by atoms with Crippen LogP contribution in [-0.4, -0.2) is 61.4 Å². The van der Waals surface area contributed by atoms with Crippen molar-refractivity contribution in [2.75, 3.05) is 24.5 Å². The molecule has 0 aromatic heterocycles.